The number of benzene rings is 1. The quantitative estimate of drug-likeness (QED) is 0.786. The van der Waals surface area contributed by atoms with Crippen LogP contribution in [0.4, 0.5) is 0 Å². The van der Waals surface area contributed by atoms with Gasteiger partial charge < -0.3 is 5.32 Å². The number of aryl methyl sites for hydroxylation is 1. The Balaban J connectivity index is 2.14. The van der Waals surface area contributed by atoms with Gasteiger partial charge in [0.1, 0.15) is 0 Å². The summed E-state index contributed by atoms with van der Waals surface area (Å²) in [7, 11) is -0.656. The van der Waals surface area contributed by atoms with Crippen molar-refractivity contribution < 1.29 is 4.21 Å². The first-order valence-electron chi connectivity index (χ1n) is 5.40. The van der Waals surface area contributed by atoms with Crippen LogP contribution in [0.25, 0.3) is 0 Å². The van der Waals surface area contributed by atoms with Crippen molar-refractivity contribution in [1.29, 1.82) is 0 Å². The van der Waals surface area contributed by atoms with Crippen molar-refractivity contribution in [2.75, 3.05) is 18.1 Å². The van der Waals surface area contributed by atoms with E-state index >= 15 is 0 Å². The molecular formula is C12H17NOS. The van der Waals surface area contributed by atoms with Crippen molar-refractivity contribution in [3.63, 3.8) is 0 Å². The Kier molecular flexibility index (Phi) is 3.54. The third-order valence-corrected chi connectivity index (χ3v) is 4.22. The minimum atomic E-state index is -0.656. The van der Waals surface area contributed by atoms with Crippen molar-refractivity contribution in [3.05, 3.63) is 35.4 Å². The van der Waals surface area contributed by atoms with E-state index in [1.807, 2.05) is 0 Å². The fraction of sp³-hybridized carbons (Fsp3) is 0.500. The highest BCUT2D eigenvalue weighted by Gasteiger charge is 2.17. The summed E-state index contributed by atoms with van der Waals surface area (Å²) in [6, 6.07) is 8.77. The summed E-state index contributed by atoms with van der Waals surface area (Å²) in [6.07, 6.45) is 1.02. The Bertz CT molecular complexity index is 347. The van der Waals surface area contributed by atoms with E-state index in [0.717, 1.165) is 24.5 Å². The van der Waals surface area contributed by atoms with Crippen molar-refractivity contribution >= 4 is 10.8 Å². The largest absolute Gasteiger partial charge is 0.309 e. The van der Waals surface area contributed by atoms with E-state index in [0.29, 0.717) is 0 Å². The number of rotatable bonds is 1. The van der Waals surface area contributed by atoms with Crippen LogP contribution in [0.1, 0.15) is 23.6 Å². The Hall–Kier alpha value is -0.670. The summed E-state index contributed by atoms with van der Waals surface area (Å²) < 4.78 is 11.6. The summed E-state index contributed by atoms with van der Waals surface area (Å²) >= 11 is 0. The highest BCUT2D eigenvalue weighted by Crippen LogP contribution is 2.17. The van der Waals surface area contributed by atoms with Crippen molar-refractivity contribution in [2.45, 2.75) is 19.4 Å². The van der Waals surface area contributed by atoms with Gasteiger partial charge >= 0.3 is 0 Å². The Morgan fingerprint density at radius 3 is 2.80 bits per heavy atom. The average molecular weight is 223 g/mol. The van der Waals surface area contributed by atoms with Gasteiger partial charge in [-0.3, -0.25) is 4.21 Å². The second-order valence-electron chi connectivity index (χ2n) is 4.08. The lowest BCUT2D eigenvalue weighted by molar-refractivity contribution is 0.587. The van der Waals surface area contributed by atoms with Crippen LogP contribution in [-0.4, -0.2) is 22.3 Å². The van der Waals surface area contributed by atoms with Crippen LogP contribution < -0.4 is 5.32 Å². The van der Waals surface area contributed by atoms with E-state index in [9.17, 15) is 4.21 Å². The molecule has 2 rings (SSSR count). The maximum Gasteiger partial charge on any atom is 0.0436 e. The Labute approximate surface area is 93.5 Å². The molecule has 15 heavy (non-hydrogen) atoms. The summed E-state index contributed by atoms with van der Waals surface area (Å²) in [5.41, 5.74) is 2.53. The van der Waals surface area contributed by atoms with Gasteiger partial charge in [0.15, 0.2) is 0 Å². The zero-order valence-corrected chi connectivity index (χ0v) is 9.85. The summed E-state index contributed by atoms with van der Waals surface area (Å²) in [4.78, 5) is 0. The van der Waals surface area contributed by atoms with Crippen LogP contribution in [0.3, 0.4) is 0 Å². The maximum atomic E-state index is 11.6. The van der Waals surface area contributed by atoms with E-state index in [4.69, 9.17) is 0 Å². The normalized spacial score (nSPS) is 27.3. The van der Waals surface area contributed by atoms with Gasteiger partial charge in [-0.25, -0.2) is 0 Å². The summed E-state index contributed by atoms with van der Waals surface area (Å²) in [6.45, 7) is 3.06. The zero-order valence-electron chi connectivity index (χ0n) is 9.03. The molecule has 82 valence electrons. The van der Waals surface area contributed by atoms with Crippen LogP contribution in [0.5, 0.6) is 0 Å². The molecule has 0 bridgehead atoms. The molecule has 1 aromatic rings. The highest BCUT2D eigenvalue weighted by molar-refractivity contribution is 7.85. The number of nitrogens with one attached hydrogen (secondary N) is 1. The molecule has 0 aromatic heterocycles. The van der Waals surface area contributed by atoms with Crippen molar-refractivity contribution in [3.8, 4) is 0 Å². The SMILES string of the molecule is Cc1ccc(C2CS(=O)CCCN2)cc1. The van der Waals surface area contributed by atoms with E-state index in [-0.39, 0.29) is 6.04 Å². The molecule has 2 nitrogen and oxygen atoms in total. The van der Waals surface area contributed by atoms with Gasteiger partial charge in [0.25, 0.3) is 0 Å². The van der Waals surface area contributed by atoms with Gasteiger partial charge in [-0.1, -0.05) is 29.8 Å². The molecule has 2 atom stereocenters. The summed E-state index contributed by atoms with van der Waals surface area (Å²) in [5, 5.41) is 3.45. The second kappa shape index (κ2) is 4.90. The van der Waals surface area contributed by atoms with Gasteiger partial charge in [0.2, 0.25) is 0 Å². The fourth-order valence-electron chi connectivity index (χ4n) is 1.85. The lowest BCUT2D eigenvalue weighted by Gasteiger charge is -2.15. The first kappa shape index (κ1) is 10.8. The standard InChI is InChI=1S/C12H17NOS/c1-10-3-5-11(6-4-10)12-9-15(14)8-2-7-13-12/h3-6,12-13H,2,7-9H2,1H3. The monoisotopic (exact) mass is 223 g/mol. The molecule has 0 aliphatic carbocycles. The van der Waals surface area contributed by atoms with Gasteiger partial charge in [0, 0.05) is 28.3 Å². The van der Waals surface area contributed by atoms with E-state index in [2.05, 4.69) is 36.5 Å². The molecule has 2 unspecified atom stereocenters. The molecular weight excluding hydrogens is 206 g/mol. The lowest BCUT2D eigenvalue weighted by Crippen LogP contribution is -2.23. The van der Waals surface area contributed by atoms with Gasteiger partial charge in [-0.05, 0) is 25.5 Å². The van der Waals surface area contributed by atoms with E-state index in [1.165, 1.54) is 11.1 Å². The molecule has 0 saturated carbocycles. The average Bonchev–Trinajstić information content (AvgIpc) is 2.44. The molecule has 0 amide bonds. The van der Waals surface area contributed by atoms with E-state index < -0.39 is 10.8 Å². The fourth-order valence-corrected chi connectivity index (χ4v) is 3.17. The minimum Gasteiger partial charge on any atom is -0.309 e. The van der Waals surface area contributed by atoms with Crippen LogP contribution in [0, 0.1) is 6.92 Å². The first-order chi connectivity index (χ1) is 7.25. The predicted molar refractivity (Wildman–Crippen MR) is 64.4 cm³/mol. The smallest absolute Gasteiger partial charge is 0.0436 e. The third-order valence-electron chi connectivity index (χ3n) is 2.77. The molecule has 3 heteroatoms. The van der Waals surface area contributed by atoms with Gasteiger partial charge in [-0.15, -0.1) is 0 Å². The molecule has 1 aliphatic heterocycles. The molecule has 1 saturated heterocycles. The van der Waals surface area contributed by atoms with Crippen LogP contribution >= 0.6 is 0 Å². The number of hydrogen-bond acceptors (Lipinski definition) is 2. The maximum absolute atomic E-state index is 11.6. The topological polar surface area (TPSA) is 29.1 Å². The van der Waals surface area contributed by atoms with Gasteiger partial charge in [-0.2, -0.15) is 0 Å². The van der Waals surface area contributed by atoms with Crippen LogP contribution in [0.15, 0.2) is 24.3 Å². The molecule has 0 radical (unpaired) electrons. The highest BCUT2D eigenvalue weighted by atomic mass is 32.2. The second-order valence-corrected chi connectivity index (χ2v) is 5.70. The zero-order chi connectivity index (χ0) is 10.7. The van der Waals surface area contributed by atoms with Crippen LogP contribution in [-0.2, 0) is 10.8 Å². The number of hydrogen-bond donors (Lipinski definition) is 1. The van der Waals surface area contributed by atoms with Gasteiger partial charge in [0.05, 0.1) is 0 Å². The minimum absolute atomic E-state index is 0.272. The first-order valence-corrected chi connectivity index (χ1v) is 6.89. The molecule has 1 aliphatic rings. The molecule has 1 heterocycles. The molecule has 1 fully saturated rings. The Morgan fingerprint density at radius 2 is 2.07 bits per heavy atom. The van der Waals surface area contributed by atoms with Crippen molar-refractivity contribution in [1.82, 2.24) is 5.32 Å². The predicted octanol–water partition coefficient (Wildman–Crippen LogP) is 1.78. The summed E-state index contributed by atoms with van der Waals surface area (Å²) in [5.74, 6) is 1.60. The van der Waals surface area contributed by atoms with Crippen molar-refractivity contribution in [2.24, 2.45) is 0 Å². The van der Waals surface area contributed by atoms with E-state index in [1.54, 1.807) is 0 Å². The molecule has 0 spiro atoms. The lowest BCUT2D eigenvalue weighted by atomic mass is 10.1. The molecule has 1 N–H and O–H groups in total. The Morgan fingerprint density at radius 1 is 1.33 bits per heavy atom. The molecule has 1 aromatic carbocycles. The van der Waals surface area contributed by atoms with Crippen LogP contribution in [0.2, 0.25) is 0 Å². The third kappa shape index (κ3) is 2.89.